The molecule has 72 valence electrons. The first kappa shape index (κ1) is 9.56. The molecule has 14 heavy (non-hydrogen) atoms. The predicted octanol–water partition coefficient (Wildman–Crippen LogP) is 4.14. The molecule has 0 N–H and O–H groups in total. The molecule has 0 aromatic heterocycles. The predicted molar refractivity (Wildman–Crippen MR) is 59.0 cm³/mol. The van der Waals surface area contributed by atoms with Crippen LogP contribution in [0.1, 0.15) is 30.0 Å². The summed E-state index contributed by atoms with van der Waals surface area (Å²) in [5.74, 6) is 0. The summed E-state index contributed by atoms with van der Waals surface area (Å²) in [4.78, 5) is 2.89. The van der Waals surface area contributed by atoms with Crippen molar-refractivity contribution in [1.29, 1.82) is 0 Å². The standard InChI is InChI=1S/C10H10BrN3/c11-8-4-5-9-7(6-8)2-1-3-10(9)13-14-12/h4-6,10H,1-3H2. The SMILES string of the molecule is [N-]=[N+]=NC1CCCc2cc(Br)ccc21. The highest BCUT2D eigenvalue weighted by molar-refractivity contribution is 9.10. The lowest BCUT2D eigenvalue weighted by Gasteiger charge is -2.21. The number of benzene rings is 1. The maximum absolute atomic E-state index is 8.45. The van der Waals surface area contributed by atoms with Gasteiger partial charge in [0.1, 0.15) is 0 Å². The second-order valence-corrected chi connectivity index (χ2v) is 4.37. The normalized spacial score (nSPS) is 19.6. The van der Waals surface area contributed by atoms with Gasteiger partial charge in [-0.2, -0.15) is 0 Å². The summed E-state index contributed by atoms with van der Waals surface area (Å²) in [5, 5.41) is 3.82. The van der Waals surface area contributed by atoms with Gasteiger partial charge in [-0.05, 0) is 48.1 Å². The molecular weight excluding hydrogens is 242 g/mol. The molecule has 0 radical (unpaired) electrons. The summed E-state index contributed by atoms with van der Waals surface area (Å²) in [6.45, 7) is 0. The van der Waals surface area contributed by atoms with Crippen LogP contribution in [0.3, 0.4) is 0 Å². The monoisotopic (exact) mass is 251 g/mol. The van der Waals surface area contributed by atoms with E-state index in [0.717, 1.165) is 23.7 Å². The maximum atomic E-state index is 8.45. The van der Waals surface area contributed by atoms with E-state index in [9.17, 15) is 0 Å². The third-order valence-electron chi connectivity index (χ3n) is 2.58. The summed E-state index contributed by atoms with van der Waals surface area (Å²) in [5.41, 5.74) is 10.9. The van der Waals surface area contributed by atoms with Crippen LogP contribution in [0.15, 0.2) is 27.8 Å². The van der Waals surface area contributed by atoms with Crippen LogP contribution in [-0.2, 0) is 6.42 Å². The molecule has 0 amide bonds. The Bertz CT molecular complexity index is 396. The van der Waals surface area contributed by atoms with Crippen LogP contribution in [0.2, 0.25) is 0 Å². The summed E-state index contributed by atoms with van der Waals surface area (Å²) in [7, 11) is 0. The van der Waals surface area contributed by atoms with Gasteiger partial charge in [-0.25, -0.2) is 0 Å². The van der Waals surface area contributed by atoms with E-state index in [1.165, 1.54) is 11.1 Å². The molecule has 2 rings (SSSR count). The minimum atomic E-state index is 0.0387. The Morgan fingerprint density at radius 1 is 1.50 bits per heavy atom. The van der Waals surface area contributed by atoms with E-state index in [1.807, 2.05) is 6.07 Å². The van der Waals surface area contributed by atoms with Crippen molar-refractivity contribution in [3.8, 4) is 0 Å². The highest BCUT2D eigenvalue weighted by Gasteiger charge is 2.18. The maximum Gasteiger partial charge on any atom is 0.0628 e. The average molecular weight is 252 g/mol. The van der Waals surface area contributed by atoms with Gasteiger partial charge in [0.2, 0.25) is 0 Å². The second kappa shape index (κ2) is 4.03. The largest absolute Gasteiger partial charge is 0.0859 e. The first-order valence-electron chi connectivity index (χ1n) is 4.64. The van der Waals surface area contributed by atoms with E-state index in [0.29, 0.717) is 0 Å². The zero-order valence-electron chi connectivity index (χ0n) is 7.65. The van der Waals surface area contributed by atoms with Gasteiger partial charge >= 0.3 is 0 Å². The van der Waals surface area contributed by atoms with Crippen molar-refractivity contribution in [2.45, 2.75) is 25.3 Å². The van der Waals surface area contributed by atoms with Crippen molar-refractivity contribution in [3.63, 3.8) is 0 Å². The third-order valence-corrected chi connectivity index (χ3v) is 3.07. The fourth-order valence-electron chi connectivity index (χ4n) is 1.94. The third kappa shape index (κ3) is 1.76. The number of aryl methyl sites for hydroxylation is 1. The minimum absolute atomic E-state index is 0.0387. The lowest BCUT2D eigenvalue weighted by atomic mass is 9.88. The van der Waals surface area contributed by atoms with Crippen molar-refractivity contribution >= 4 is 15.9 Å². The van der Waals surface area contributed by atoms with Gasteiger partial charge in [0.15, 0.2) is 0 Å². The summed E-state index contributed by atoms with van der Waals surface area (Å²) in [6, 6.07) is 6.22. The number of fused-ring (bicyclic) bond motifs is 1. The molecule has 1 unspecified atom stereocenters. The van der Waals surface area contributed by atoms with Crippen LogP contribution in [-0.4, -0.2) is 0 Å². The average Bonchev–Trinajstić information content (AvgIpc) is 2.18. The molecule has 1 aromatic rings. The topological polar surface area (TPSA) is 48.8 Å². The quantitative estimate of drug-likeness (QED) is 0.409. The number of halogens is 1. The fourth-order valence-corrected chi connectivity index (χ4v) is 2.35. The van der Waals surface area contributed by atoms with Crippen LogP contribution in [0.25, 0.3) is 10.4 Å². The van der Waals surface area contributed by atoms with Crippen LogP contribution in [0.4, 0.5) is 0 Å². The molecule has 1 aliphatic rings. The highest BCUT2D eigenvalue weighted by atomic mass is 79.9. The molecule has 0 bridgehead atoms. The van der Waals surface area contributed by atoms with Gasteiger partial charge in [0, 0.05) is 9.38 Å². The van der Waals surface area contributed by atoms with Crippen molar-refractivity contribution in [1.82, 2.24) is 0 Å². The molecule has 1 aromatic carbocycles. The molecule has 0 heterocycles. The summed E-state index contributed by atoms with van der Waals surface area (Å²) < 4.78 is 1.10. The number of hydrogen-bond acceptors (Lipinski definition) is 1. The van der Waals surface area contributed by atoms with Crippen molar-refractivity contribution in [2.75, 3.05) is 0 Å². The molecule has 1 atom stereocenters. The molecule has 0 saturated carbocycles. The van der Waals surface area contributed by atoms with Crippen LogP contribution in [0.5, 0.6) is 0 Å². The van der Waals surface area contributed by atoms with E-state index < -0.39 is 0 Å². The zero-order valence-corrected chi connectivity index (χ0v) is 9.24. The Kier molecular flexibility index (Phi) is 2.75. The lowest BCUT2D eigenvalue weighted by molar-refractivity contribution is 0.568. The van der Waals surface area contributed by atoms with Gasteiger partial charge in [0.25, 0.3) is 0 Å². The first-order chi connectivity index (χ1) is 6.81. The van der Waals surface area contributed by atoms with E-state index >= 15 is 0 Å². The van der Waals surface area contributed by atoms with E-state index in [4.69, 9.17) is 5.53 Å². The Balaban J connectivity index is 2.44. The molecule has 0 spiro atoms. The molecule has 0 fully saturated rings. The minimum Gasteiger partial charge on any atom is -0.0859 e. The van der Waals surface area contributed by atoms with E-state index in [1.54, 1.807) is 0 Å². The lowest BCUT2D eigenvalue weighted by Crippen LogP contribution is -2.07. The van der Waals surface area contributed by atoms with Gasteiger partial charge in [0.05, 0.1) is 6.04 Å². The molecule has 4 heteroatoms. The van der Waals surface area contributed by atoms with Gasteiger partial charge in [-0.15, -0.1) is 0 Å². The number of hydrogen-bond donors (Lipinski definition) is 0. The zero-order chi connectivity index (χ0) is 9.97. The Morgan fingerprint density at radius 2 is 2.36 bits per heavy atom. The number of azide groups is 1. The Labute approximate surface area is 90.9 Å². The highest BCUT2D eigenvalue weighted by Crippen LogP contribution is 2.33. The van der Waals surface area contributed by atoms with Crippen molar-refractivity contribution in [2.24, 2.45) is 5.11 Å². The molecule has 3 nitrogen and oxygen atoms in total. The Morgan fingerprint density at radius 3 is 3.14 bits per heavy atom. The van der Waals surface area contributed by atoms with Gasteiger partial charge in [-0.3, -0.25) is 0 Å². The van der Waals surface area contributed by atoms with E-state index in [2.05, 4.69) is 38.1 Å². The molecule has 0 saturated heterocycles. The van der Waals surface area contributed by atoms with Crippen molar-refractivity contribution < 1.29 is 0 Å². The van der Waals surface area contributed by atoms with Crippen LogP contribution in [0, 0.1) is 0 Å². The van der Waals surface area contributed by atoms with Crippen molar-refractivity contribution in [3.05, 3.63) is 44.2 Å². The van der Waals surface area contributed by atoms with Gasteiger partial charge < -0.3 is 0 Å². The fraction of sp³-hybridized carbons (Fsp3) is 0.400. The summed E-state index contributed by atoms with van der Waals surface area (Å²) in [6.07, 6.45) is 3.16. The number of nitrogens with zero attached hydrogens (tertiary/aromatic N) is 3. The first-order valence-corrected chi connectivity index (χ1v) is 5.43. The molecule has 0 aliphatic heterocycles. The van der Waals surface area contributed by atoms with E-state index in [-0.39, 0.29) is 6.04 Å². The van der Waals surface area contributed by atoms with Crippen LogP contribution < -0.4 is 0 Å². The Hall–Kier alpha value is -0.990. The molecule has 1 aliphatic carbocycles. The molecular formula is C10H10BrN3. The summed E-state index contributed by atoms with van der Waals surface area (Å²) >= 11 is 3.45. The smallest absolute Gasteiger partial charge is 0.0628 e. The van der Waals surface area contributed by atoms with Crippen LogP contribution >= 0.6 is 15.9 Å². The second-order valence-electron chi connectivity index (χ2n) is 3.46. The number of rotatable bonds is 1. The van der Waals surface area contributed by atoms with Gasteiger partial charge in [-0.1, -0.05) is 27.1 Å².